The Morgan fingerprint density at radius 3 is 2.12 bits per heavy atom. The van der Waals surface area contributed by atoms with Gasteiger partial charge in [-0.25, -0.2) is 0 Å². The maximum Gasteiger partial charge on any atom is 0.257 e. The van der Waals surface area contributed by atoms with Crippen molar-refractivity contribution in [3.05, 3.63) is 59.7 Å². The van der Waals surface area contributed by atoms with E-state index in [1.807, 2.05) is 48.5 Å². The number of nitrogens with one attached hydrogen (secondary N) is 1. The molecule has 0 spiro atoms. The van der Waals surface area contributed by atoms with Gasteiger partial charge in [-0.15, -0.1) is 0 Å². The fraction of sp³-hybridized carbons (Fsp3) is 0.381. The first-order valence-corrected chi connectivity index (χ1v) is 8.51. The van der Waals surface area contributed by atoms with Crippen LogP contribution in [0.25, 0.3) is 0 Å². The maximum atomic E-state index is 11.9. The average molecular weight is 341 g/mol. The van der Waals surface area contributed by atoms with Crippen molar-refractivity contribution in [3.63, 3.8) is 0 Å². The fourth-order valence-electron chi connectivity index (χ4n) is 2.39. The van der Waals surface area contributed by atoms with Gasteiger partial charge in [0.05, 0.1) is 7.11 Å². The Morgan fingerprint density at radius 1 is 0.960 bits per heavy atom. The molecule has 1 amide bonds. The first-order chi connectivity index (χ1) is 11.9. The summed E-state index contributed by atoms with van der Waals surface area (Å²) in [7, 11) is 1.64. The Bertz CT molecular complexity index is 670. The minimum absolute atomic E-state index is 0.0253. The van der Waals surface area contributed by atoms with Gasteiger partial charge < -0.3 is 14.8 Å². The Hall–Kier alpha value is -2.49. The third kappa shape index (κ3) is 6.14. The van der Waals surface area contributed by atoms with Gasteiger partial charge in [-0.2, -0.15) is 0 Å². The number of ether oxygens (including phenoxy) is 2. The lowest BCUT2D eigenvalue weighted by Crippen LogP contribution is -2.30. The molecular formula is C21H27NO3. The molecule has 0 aromatic heterocycles. The molecule has 4 nitrogen and oxygen atoms in total. The second-order valence-electron chi connectivity index (χ2n) is 7.01. The first-order valence-electron chi connectivity index (χ1n) is 8.51. The molecule has 0 fully saturated rings. The van der Waals surface area contributed by atoms with Crippen molar-refractivity contribution >= 4 is 5.91 Å². The molecule has 134 valence electrons. The van der Waals surface area contributed by atoms with E-state index in [2.05, 4.69) is 26.1 Å². The smallest absolute Gasteiger partial charge is 0.257 e. The van der Waals surface area contributed by atoms with Crippen molar-refractivity contribution in [2.45, 2.75) is 32.6 Å². The van der Waals surface area contributed by atoms with Crippen LogP contribution in [0.15, 0.2) is 48.5 Å². The van der Waals surface area contributed by atoms with Crippen molar-refractivity contribution in [2.24, 2.45) is 0 Å². The molecule has 0 aliphatic rings. The van der Waals surface area contributed by atoms with E-state index >= 15 is 0 Å². The SMILES string of the molecule is COc1ccc(CCNC(=O)COc2ccc(C(C)(C)C)cc2)cc1. The van der Waals surface area contributed by atoms with Crippen LogP contribution in [-0.2, 0) is 16.6 Å². The minimum Gasteiger partial charge on any atom is -0.497 e. The van der Waals surface area contributed by atoms with Crippen LogP contribution in [0.2, 0.25) is 0 Å². The number of carbonyl (C=O) groups excluding carboxylic acids is 1. The second kappa shape index (κ2) is 8.56. The summed E-state index contributed by atoms with van der Waals surface area (Å²) < 4.78 is 10.7. The molecule has 0 atom stereocenters. The van der Waals surface area contributed by atoms with Gasteiger partial charge in [-0.05, 0) is 47.2 Å². The summed E-state index contributed by atoms with van der Waals surface area (Å²) in [6, 6.07) is 15.7. The summed E-state index contributed by atoms with van der Waals surface area (Å²) in [6.45, 7) is 7.10. The topological polar surface area (TPSA) is 47.6 Å². The van der Waals surface area contributed by atoms with Crippen LogP contribution in [0.3, 0.4) is 0 Å². The average Bonchev–Trinajstić information content (AvgIpc) is 2.60. The van der Waals surface area contributed by atoms with E-state index < -0.39 is 0 Å². The molecule has 0 radical (unpaired) electrons. The lowest BCUT2D eigenvalue weighted by atomic mass is 9.87. The molecule has 0 saturated carbocycles. The van der Waals surface area contributed by atoms with Crippen LogP contribution >= 0.6 is 0 Å². The minimum atomic E-state index is -0.117. The van der Waals surface area contributed by atoms with Crippen molar-refractivity contribution in [1.82, 2.24) is 5.32 Å². The van der Waals surface area contributed by atoms with Gasteiger partial charge in [-0.3, -0.25) is 4.79 Å². The maximum absolute atomic E-state index is 11.9. The number of hydrogen-bond donors (Lipinski definition) is 1. The highest BCUT2D eigenvalue weighted by Gasteiger charge is 2.13. The van der Waals surface area contributed by atoms with Crippen LogP contribution in [0.5, 0.6) is 11.5 Å². The molecule has 0 aliphatic carbocycles. The Labute approximate surface area is 150 Å². The van der Waals surface area contributed by atoms with Crippen molar-refractivity contribution in [2.75, 3.05) is 20.3 Å². The summed E-state index contributed by atoms with van der Waals surface area (Å²) in [4.78, 5) is 11.9. The molecule has 0 aliphatic heterocycles. The molecule has 4 heteroatoms. The monoisotopic (exact) mass is 341 g/mol. The van der Waals surface area contributed by atoms with E-state index in [0.29, 0.717) is 12.3 Å². The van der Waals surface area contributed by atoms with Gasteiger partial charge in [0.15, 0.2) is 6.61 Å². The number of carbonyl (C=O) groups is 1. The van der Waals surface area contributed by atoms with Crippen molar-refractivity contribution in [1.29, 1.82) is 0 Å². The van der Waals surface area contributed by atoms with E-state index in [4.69, 9.17) is 9.47 Å². The van der Waals surface area contributed by atoms with E-state index in [0.717, 1.165) is 17.7 Å². The molecule has 1 N–H and O–H groups in total. The molecule has 2 aromatic carbocycles. The quantitative estimate of drug-likeness (QED) is 0.835. The van der Waals surface area contributed by atoms with Crippen molar-refractivity contribution < 1.29 is 14.3 Å². The molecule has 2 rings (SSSR count). The van der Waals surface area contributed by atoms with E-state index in [9.17, 15) is 4.79 Å². The van der Waals surface area contributed by atoms with Crippen LogP contribution in [0.4, 0.5) is 0 Å². The zero-order chi connectivity index (χ0) is 18.3. The number of benzene rings is 2. The number of rotatable bonds is 7. The molecule has 0 bridgehead atoms. The highest BCUT2D eigenvalue weighted by atomic mass is 16.5. The molecule has 0 saturated heterocycles. The Morgan fingerprint density at radius 2 is 1.56 bits per heavy atom. The summed E-state index contributed by atoms with van der Waals surface area (Å²) >= 11 is 0. The van der Waals surface area contributed by atoms with Gasteiger partial charge >= 0.3 is 0 Å². The Kier molecular flexibility index (Phi) is 6.45. The third-order valence-corrected chi connectivity index (χ3v) is 3.99. The molecule has 2 aromatic rings. The van der Waals surface area contributed by atoms with Crippen LogP contribution < -0.4 is 14.8 Å². The normalized spacial score (nSPS) is 11.0. The predicted octanol–water partition coefficient (Wildman–Crippen LogP) is 3.73. The van der Waals surface area contributed by atoms with Crippen LogP contribution in [0, 0.1) is 0 Å². The van der Waals surface area contributed by atoms with Gasteiger partial charge in [0.25, 0.3) is 5.91 Å². The highest BCUT2D eigenvalue weighted by Crippen LogP contribution is 2.24. The standard InChI is InChI=1S/C21H27NO3/c1-21(2,3)17-7-11-19(12-8-17)25-15-20(23)22-14-13-16-5-9-18(24-4)10-6-16/h5-12H,13-15H2,1-4H3,(H,22,23). The van der Waals surface area contributed by atoms with E-state index in [-0.39, 0.29) is 17.9 Å². The van der Waals surface area contributed by atoms with Gasteiger partial charge in [0.2, 0.25) is 0 Å². The molecular weight excluding hydrogens is 314 g/mol. The van der Waals surface area contributed by atoms with Gasteiger partial charge in [0, 0.05) is 6.54 Å². The molecule has 25 heavy (non-hydrogen) atoms. The summed E-state index contributed by atoms with van der Waals surface area (Å²) in [6.07, 6.45) is 0.774. The largest absolute Gasteiger partial charge is 0.497 e. The van der Waals surface area contributed by atoms with Crippen LogP contribution in [0.1, 0.15) is 31.9 Å². The highest BCUT2D eigenvalue weighted by molar-refractivity contribution is 5.77. The second-order valence-corrected chi connectivity index (χ2v) is 7.01. The Balaban J connectivity index is 1.71. The van der Waals surface area contributed by atoms with E-state index in [1.165, 1.54) is 5.56 Å². The molecule has 0 unspecified atom stereocenters. The third-order valence-electron chi connectivity index (χ3n) is 3.99. The van der Waals surface area contributed by atoms with E-state index in [1.54, 1.807) is 7.11 Å². The number of amides is 1. The summed E-state index contributed by atoms with van der Waals surface area (Å²) in [5.41, 5.74) is 2.50. The first kappa shape index (κ1) is 18.8. The summed E-state index contributed by atoms with van der Waals surface area (Å²) in [5.74, 6) is 1.42. The zero-order valence-corrected chi connectivity index (χ0v) is 15.5. The molecule has 0 heterocycles. The number of methoxy groups -OCH3 is 1. The van der Waals surface area contributed by atoms with Crippen molar-refractivity contribution in [3.8, 4) is 11.5 Å². The van der Waals surface area contributed by atoms with Gasteiger partial charge in [-0.1, -0.05) is 45.0 Å². The lowest BCUT2D eigenvalue weighted by Gasteiger charge is -2.19. The van der Waals surface area contributed by atoms with Gasteiger partial charge in [0.1, 0.15) is 11.5 Å². The zero-order valence-electron chi connectivity index (χ0n) is 15.5. The summed E-state index contributed by atoms with van der Waals surface area (Å²) in [5, 5.41) is 2.87. The lowest BCUT2D eigenvalue weighted by molar-refractivity contribution is -0.123. The fourth-order valence-corrected chi connectivity index (χ4v) is 2.39. The number of hydrogen-bond acceptors (Lipinski definition) is 3. The predicted molar refractivity (Wildman–Crippen MR) is 100 cm³/mol. The van der Waals surface area contributed by atoms with Crippen LogP contribution in [-0.4, -0.2) is 26.2 Å².